The van der Waals surface area contributed by atoms with Crippen molar-refractivity contribution < 1.29 is 9.53 Å². The summed E-state index contributed by atoms with van der Waals surface area (Å²) in [6, 6.07) is 0. The number of rotatable bonds is 5. The second-order valence-electron chi connectivity index (χ2n) is 3.99. The SMILES string of the molecule is CCOC(=O)c1nnn(Cc2cnn(C)c2)c1CN. The molecule has 2 rings (SSSR count). The molecule has 8 nitrogen and oxygen atoms in total. The van der Waals surface area contributed by atoms with Crippen LogP contribution in [0.2, 0.25) is 0 Å². The van der Waals surface area contributed by atoms with Gasteiger partial charge in [-0.2, -0.15) is 5.10 Å². The monoisotopic (exact) mass is 264 g/mol. The number of nitrogens with two attached hydrogens (primary N) is 1. The summed E-state index contributed by atoms with van der Waals surface area (Å²) < 4.78 is 8.19. The van der Waals surface area contributed by atoms with E-state index in [-0.39, 0.29) is 18.8 Å². The highest BCUT2D eigenvalue weighted by molar-refractivity contribution is 5.88. The van der Waals surface area contributed by atoms with E-state index in [4.69, 9.17) is 10.5 Å². The highest BCUT2D eigenvalue weighted by atomic mass is 16.5. The molecule has 0 spiro atoms. The van der Waals surface area contributed by atoms with Crippen molar-refractivity contribution in [2.75, 3.05) is 6.61 Å². The van der Waals surface area contributed by atoms with Gasteiger partial charge in [-0.15, -0.1) is 5.10 Å². The van der Waals surface area contributed by atoms with Crippen LogP contribution in [0.15, 0.2) is 12.4 Å². The Hall–Kier alpha value is -2.22. The summed E-state index contributed by atoms with van der Waals surface area (Å²) in [5.41, 5.74) is 7.35. The maximum absolute atomic E-state index is 11.7. The molecular formula is C11H16N6O2. The van der Waals surface area contributed by atoms with Crippen molar-refractivity contribution in [1.82, 2.24) is 24.8 Å². The van der Waals surface area contributed by atoms with Gasteiger partial charge in [0, 0.05) is 25.4 Å². The molecule has 0 saturated carbocycles. The summed E-state index contributed by atoms with van der Waals surface area (Å²) in [5, 5.41) is 11.9. The van der Waals surface area contributed by atoms with Gasteiger partial charge in [0.2, 0.25) is 0 Å². The fourth-order valence-electron chi connectivity index (χ4n) is 1.75. The van der Waals surface area contributed by atoms with E-state index >= 15 is 0 Å². The maximum Gasteiger partial charge on any atom is 0.360 e. The van der Waals surface area contributed by atoms with E-state index in [9.17, 15) is 4.79 Å². The molecule has 19 heavy (non-hydrogen) atoms. The smallest absolute Gasteiger partial charge is 0.360 e. The number of aromatic nitrogens is 5. The van der Waals surface area contributed by atoms with Gasteiger partial charge in [0.15, 0.2) is 5.69 Å². The fourth-order valence-corrected chi connectivity index (χ4v) is 1.75. The van der Waals surface area contributed by atoms with Crippen molar-refractivity contribution in [3.05, 3.63) is 29.3 Å². The molecule has 2 N–H and O–H groups in total. The minimum atomic E-state index is -0.500. The molecule has 0 aliphatic carbocycles. The van der Waals surface area contributed by atoms with Crippen LogP contribution in [0.4, 0.5) is 0 Å². The van der Waals surface area contributed by atoms with Crippen molar-refractivity contribution in [2.45, 2.75) is 20.0 Å². The van der Waals surface area contributed by atoms with Gasteiger partial charge >= 0.3 is 5.97 Å². The molecule has 0 aliphatic heterocycles. The molecular weight excluding hydrogens is 248 g/mol. The normalized spacial score (nSPS) is 10.7. The highest BCUT2D eigenvalue weighted by Gasteiger charge is 2.19. The van der Waals surface area contributed by atoms with E-state index < -0.39 is 5.97 Å². The predicted molar refractivity (Wildman–Crippen MR) is 66.2 cm³/mol. The predicted octanol–water partition coefficient (Wildman–Crippen LogP) is -0.305. The summed E-state index contributed by atoms with van der Waals surface area (Å²) in [6.45, 7) is 2.66. The molecule has 0 saturated heterocycles. The molecule has 2 aromatic rings. The van der Waals surface area contributed by atoms with Crippen LogP contribution in [0.5, 0.6) is 0 Å². The van der Waals surface area contributed by atoms with Crippen LogP contribution < -0.4 is 5.73 Å². The average molecular weight is 264 g/mol. The third-order valence-corrected chi connectivity index (χ3v) is 2.59. The Morgan fingerprint density at radius 2 is 2.32 bits per heavy atom. The van der Waals surface area contributed by atoms with E-state index in [2.05, 4.69) is 15.4 Å². The van der Waals surface area contributed by atoms with E-state index in [1.807, 2.05) is 13.2 Å². The molecule has 0 amide bonds. The summed E-state index contributed by atoms with van der Waals surface area (Å²) in [5.74, 6) is -0.500. The standard InChI is InChI=1S/C11H16N6O2/c1-3-19-11(18)10-9(4-12)17(15-14-10)7-8-5-13-16(2)6-8/h5-6H,3-4,7,12H2,1-2H3. The van der Waals surface area contributed by atoms with Crippen LogP contribution in [0.3, 0.4) is 0 Å². The number of carbonyl (C=O) groups is 1. The van der Waals surface area contributed by atoms with E-state index in [1.165, 1.54) is 0 Å². The number of esters is 1. The lowest BCUT2D eigenvalue weighted by Crippen LogP contribution is -2.14. The molecule has 0 unspecified atom stereocenters. The van der Waals surface area contributed by atoms with Gasteiger partial charge in [0.1, 0.15) is 0 Å². The molecule has 8 heteroatoms. The van der Waals surface area contributed by atoms with Crippen LogP contribution in [0, 0.1) is 0 Å². The Bertz CT molecular complexity index is 574. The third kappa shape index (κ3) is 2.79. The summed E-state index contributed by atoms with van der Waals surface area (Å²) >= 11 is 0. The molecule has 0 radical (unpaired) electrons. The molecule has 102 valence electrons. The first kappa shape index (κ1) is 13.2. The third-order valence-electron chi connectivity index (χ3n) is 2.59. The van der Waals surface area contributed by atoms with E-state index in [0.717, 1.165) is 5.56 Å². The molecule has 2 heterocycles. The number of nitrogens with zero attached hydrogens (tertiary/aromatic N) is 5. The van der Waals surface area contributed by atoms with Gasteiger partial charge < -0.3 is 10.5 Å². The summed E-state index contributed by atoms with van der Waals surface area (Å²) in [4.78, 5) is 11.7. The Labute approximate surface area is 110 Å². The molecule has 0 fully saturated rings. The minimum Gasteiger partial charge on any atom is -0.461 e. The van der Waals surface area contributed by atoms with Gasteiger partial charge in [-0.25, -0.2) is 9.48 Å². The van der Waals surface area contributed by atoms with Crippen LogP contribution >= 0.6 is 0 Å². The van der Waals surface area contributed by atoms with Crippen molar-refractivity contribution in [1.29, 1.82) is 0 Å². The van der Waals surface area contributed by atoms with Gasteiger partial charge in [0.05, 0.1) is 25.0 Å². The molecule has 0 aromatic carbocycles. The second kappa shape index (κ2) is 5.61. The zero-order valence-electron chi connectivity index (χ0n) is 10.9. The first-order valence-electron chi connectivity index (χ1n) is 5.92. The maximum atomic E-state index is 11.7. The van der Waals surface area contributed by atoms with Crippen LogP contribution in [-0.4, -0.2) is 37.4 Å². The lowest BCUT2D eigenvalue weighted by Gasteiger charge is -2.04. The van der Waals surface area contributed by atoms with Crippen molar-refractivity contribution in [3.63, 3.8) is 0 Å². The number of carbonyl (C=O) groups excluding carboxylic acids is 1. The number of ether oxygens (including phenoxy) is 1. The molecule has 2 aromatic heterocycles. The van der Waals surface area contributed by atoms with Crippen LogP contribution in [0.25, 0.3) is 0 Å². The second-order valence-corrected chi connectivity index (χ2v) is 3.99. The first-order chi connectivity index (χ1) is 9.15. The lowest BCUT2D eigenvalue weighted by molar-refractivity contribution is 0.0518. The Morgan fingerprint density at radius 3 is 2.89 bits per heavy atom. The number of aryl methyl sites for hydroxylation is 1. The van der Waals surface area contributed by atoms with Gasteiger partial charge in [-0.1, -0.05) is 5.21 Å². The summed E-state index contributed by atoms with van der Waals surface area (Å²) in [7, 11) is 1.83. The topological polar surface area (TPSA) is 101 Å². The van der Waals surface area contributed by atoms with Crippen molar-refractivity contribution in [3.8, 4) is 0 Å². The Balaban J connectivity index is 2.24. The molecule has 0 aliphatic rings. The lowest BCUT2D eigenvalue weighted by atomic mass is 10.3. The highest BCUT2D eigenvalue weighted by Crippen LogP contribution is 2.09. The number of hydrogen-bond acceptors (Lipinski definition) is 6. The average Bonchev–Trinajstić information content (AvgIpc) is 2.96. The quantitative estimate of drug-likeness (QED) is 0.744. The fraction of sp³-hybridized carbons (Fsp3) is 0.455. The van der Waals surface area contributed by atoms with Crippen LogP contribution in [-0.2, 0) is 24.9 Å². The Kier molecular flexibility index (Phi) is 3.91. The van der Waals surface area contributed by atoms with Gasteiger partial charge in [0.25, 0.3) is 0 Å². The summed E-state index contributed by atoms with van der Waals surface area (Å²) in [6.07, 6.45) is 3.60. The zero-order valence-corrected chi connectivity index (χ0v) is 10.9. The van der Waals surface area contributed by atoms with Crippen LogP contribution in [0.1, 0.15) is 28.7 Å². The largest absolute Gasteiger partial charge is 0.461 e. The first-order valence-corrected chi connectivity index (χ1v) is 5.92. The van der Waals surface area contributed by atoms with Crippen molar-refractivity contribution >= 4 is 5.97 Å². The number of hydrogen-bond donors (Lipinski definition) is 1. The van der Waals surface area contributed by atoms with E-state index in [0.29, 0.717) is 12.2 Å². The van der Waals surface area contributed by atoms with Gasteiger partial charge in [-0.05, 0) is 6.92 Å². The molecule has 0 bridgehead atoms. The minimum absolute atomic E-state index is 0.168. The molecule has 0 atom stereocenters. The van der Waals surface area contributed by atoms with Crippen molar-refractivity contribution in [2.24, 2.45) is 12.8 Å². The zero-order chi connectivity index (χ0) is 13.8. The van der Waals surface area contributed by atoms with Gasteiger partial charge in [-0.3, -0.25) is 4.68 Å². The Morgan fingerprint density at radius 1 is 1.53 bits per heavy atom. The van der Waals surface area contributed by atoms with E-state index in [1.54, 1.807) is 22.5 Å².